The molecule has 504 valence electrons. The normalized spacial score (nSPS) is 17.5. The van der Waals surface area contributed by atoms with Gasteiger partial charge >= 0.3 is 24.4 Å². The van der Waals surface area contributed by atoms with Gasteiger partial charge in [-0.1, -0.05) is 86.5 Å². The Morgan fingerprint density at radius 3 is 1.32 bits per heavy atom. The van der Waals surface area contributed by atoms with Crippen molar-refractivity contribution >= 4 is 82.6 Å². The maximum Gasteiger partial charge on any atom is 0.420 e. The van der Waals surface area contributed by atoms with Crippen LogP contribution in [0.1, 0.15) is 106 Å². The Kier molecular flexibility index (Phi) is 20.4. The van der Waals surface area contributed by atoms with E-state index in [2.05, 4.69) is 50.1 Å². The maximum absolute atomic E-state index is 14.2. The van der Waals surface area contributed by atoms with Crippen molar-refractivity contribution in [2.45, 2.75) is 87.2 Å². The number of para-hydroxylation sites is 2. The minimum Gasteiger partial charge on any atom is -0.456 e. The van der Waals surface area contributed by atoms with Gasteiger partial charge in [-0.3, -0.25) is 48.8 Å². The lowest BCUT2D eigenvalue weighted by molar-refractivity contribution is -0.139. The standard InChI is InChI=1S/C33H28F3N5O6S.C20H18ClF3N2O2S.C13H11N3O4/c1-18(2)16-48-25-11-7-6-10-24(25)46-23-13-12-19(14-22(23)33(34,35)36)27-37-26(47-39-27)15-40-30(44)32(3,38-31(40)45)17-41-28(42)20-8-4-5-9-21(20)29(41)43;1-12(2)11-29-17-6-4-3-5-16(17)27-15-8-7-13(9-14(15)20(22,23)24)19-25-18(10-21)28-26-19;1-13(11(19)14-12(20)15-13)6-16-9(17)7-4-2-3-5-8(7)10(16)18/h4-14,18H,15-17H2,1-3H3,(H,38,45);3-9,12H,10-11H2,1-2H3;2-5H,6H2,1H3,(H2,14,15,19,20). The van der Waals surface area contributed by atoms with E-state index in [0.29, 0.717) is 33.6 Å². The summed E-state index contributed by atoms with van der Waals surface area (Å²) in [5.74, 6) is -1.40. The van der Waals surface area contributed by atoms with Gasteiger partial charge in [-0.05, 0) is 111 Å². The molecular formula is C66H57ClF6N10O12S2. The lowest BCUT2D eigenvalue weighted by Gasteiger charge is -2.26. The molecule has 0 bridgehead atoms. The Morgan fingerprint density at radius 1 is 0.526 bits per heavy atom. The fourth-order valence-corrected chi connectivity index (χ4v) is 12.1. The van der Waals surface area contributed by atoms with Crippen LogP contribution in [0.2, 0.25) is 0 Å². The Labute approximate surface area is 562 Å². The van der Waals surface area contributed by atoms with Gasteiger partial charge in [0.25, 0.3) is 35.4 Å². The number of aromatic nitrogens is 4. The molecule has 12 rings (SSSR count). The largest absolute Gasteiger partial charge is 0.456 e. The minimum absolute atomic E-state index is 0.0227. The number of hydrogen-bond acceptors (Lipinski definition) is 18. The molecule has 4 aliphatic heterocycles. The molecule has 3 N–H and O–H groups in total. The SMILES string of the molecule is CC(C)CSc1ccccc1Oc1ccc(-c2noc(CCl)n2)cc1C(F)(F)F.CC(C)CSc1ccccc1Oc1ccc(-c2noc(CN3C(=O)NC(C)(CN4C(=O)c5ccccc5C4=O)C3=O)n2)cc1C(F)(F)F.CC1(CN2C(=O)c3ccccc3C2=O)NC(=O)NC1=O. The van der Waals surface area contributed by atoms with E-state index in [1.165, 1.54) is 62.0 Å². The quantitative estimate of drug-likeness (QED) is 0.0223. The maximum atomic E-state index is 14.2. The number of amides is 10. The van der Waals surface area contributed by atoms with Crippen LogP contribution in [0.25, 0.3) is 22.8 Å². The van der Waals surface area contributed by atoms with Crippen LogP contribution in [-0.4, -0.2) is 118 Å². The van der Waals surface area contributed by atoms with Crippen molar-refractivity contribution in [2.24, 2.45) is 11.8 Å². The second kappa shape index (κ2) is 28.3. The number of benzene rings is 6. The third kappa shape index (κ3) is 15.5. The van der Waals surface area contributed by atoms with E-state index in [9.17, 15) is 64.7 Å². The first kappa shape index (κ1) is 69.8. The zero-order valence-electron chi connectivity index (χ0n) is 52.1. The number of ether oxygens (including phenoxy) is 2. The molecule has 10 amide bonds. The van der Waals surface area contributed by atoms with E-state index >= 15 is 0 Å². The fourth-order valence-electron chi connectivity index (χ4n) is 10.1. The van der Waals surface area contributed by atoms with Gasteiger partial charge in [-0.15, -0.1) is 35.1 Å². The van der Waals surface area contributed by atoms with Gasteiger partial charge in [0.2, 0.25) is 23.4 Å². The van der Waals surface area contributed by atoms with Crippen molar-refractivity contribution in [3.8, 4) is 45.8 Å². The van der Waals surface area contributed by atoms with Crippen molar-refractivity contribution in [2.75, 3.05) is 24.6 Å². The van der Waals surface area contributed by atoms with E-state index < -0.39 is 101 Å². The smallest absolute Gasteiger partial charge is 0.420 e. The van der Waals surface area contributed by atoms with Crippen LogP contribution < -0.4 is 25.4 Å². The van der Waals surface area contributed by atoms with Crippen molar-refractivity contribution in [1.29, 1.82) is 0 Å². The zero-order chi connectivity index (χ0) is 69.9. The molecule has 4 aliphatic rings. The molecule has 0 spiro atoms. The average Bonchev–Trinajstić information content (AvgIpc) is 1.75. The summed E-state index contributed by atoms with van der Waals surface area (Å²) in [6.45, 7) is 9.94. The van der Waals surface area contributed by atoms with Gasteiger partial charge in [0, 0.05) is 22.6 Å². The number of rotatable bonds is 19. The summed E-state index contributed by atoms with van der Waals surface area (Å²) in [6.07, 6.45) is -9.41. The van der Waals surface area contributed by atoms with Crippen molar-refractivity contribution < 1.29 is 83.2 Å². The number of nitrogens with one attached hydrogen (secondary N) is 3. The summed E-state index contributed by atoms with van der Waals surface area (Å²) >= 11 is 8.63. The number of hydrogen-bond donors (Lipinski definition) is 3. The Bertz CT molecular complexity index is 4350. The molecular weight excluding hydrogens is 1340 g/mol. The third-order valence-electron chi connectivity index (χ3n) is 14.9. The van der Waals surface area contributed by atoms with Crippen LogP contribution in [0.3, 0.4) is 0 Å². The van der Waals surface area contributed by atoms with Crippen molar-refractivity contribution in [1.82, 2.24) is 50.9 Å². The van der Waals surface area contributed by atoms with Crippen molar-refractivity contribution in [3.63, 3.8) is 0 Å². The number of urea groups is 2. The topological polar surface area (TPSA) is 279 Å². The first-order chi connectivity index (χ1) is 45.9. The number of fused-ring (bicyclic) bond motifs is 2. The minimum atomic E-state index is -4.79. The second-order valence-corrected chi connectivity index (χ2v) is 25.9. The van der Waals surface area contributed by atoms with Crippen LogP contribution in [0.5, 0.6) is 23.0 Å². The third-order valence-corrected chi connectivity index (χ3v) is 18.1. The molecule has 6 heterocycles. The summed E-state index contributed by atoms with van der Waals surface area (Å²) in [7, 11) is 0. The number of carbonyl (C=O) groups excluding carboxylic acids is 8. The van der Waals surface area contributed by atoms with Crippen LogP contribution in [0.15, 0.2) is 152 Å². The first-order valence-corrected chi connectivity index (χ1v) is 32.1. The van der Waals surface area contributed by atoms with Crippen LogP contribution in [0.4, 0.5) is 35.9 Å². The van der Waals surface area contributed by atoms with Gasteiger partial charge in [0.05, 0.1) is 56.3 Å². The van der Waals surface area contributed by atoms with E-state index in [4.69, 9.17) is 30.1 Å². The number of alkyl halides is 7. The molecule has 22 nitrogen and oxygen atoms in total. The molecule has 2 aromatic heterocycles. The lowest BCUT2D eigenvalue weighted by Crippen LogP contribution is -2.54. The fraction of sp³-hybridized carbons (Fsp3) is 0.273. The van der Waals surface area contributed by atoms with Gasteiger partial charge in [0.1, 0.15) is 46.5 Å². The molecule has 97 heavy (non-hydrogen) atoms. The molecule has 0 aliphatic carbocycles. The molecule has 2 unspecified atom stereocenters. The Hall–Kier alpha value is -10.1. The lowest BCUT2D eigenvalue weighted by atomic mass is 10.0. The molecule has 0 saturated carbocycles. The molecule has 2 fully saturated rings. The summed E-state index contributed by atoms with van der Waals surface area (Å²) in [6, 6.07) is 32.1. The number of imide groups is 4. The summed E-state index contributed by atoms with van der Waals surface area (Å²) < 4.78 is 105. The van der Waals surface area contributed by atoms with Crippen LogP contribution >= 0.6 is 35.1 Å². The van der Waals surface area contributed by atoms with Crippen molar-refractivity contribution in [3.05, 3.63) is 179 Å². The molecule has 8 aromatic rings. The van der Waals surface area contributed by atoms with Crippen LogP contribution in [0, 0.1) is 11.8 Å². The van der Waals surface area contributed by atoms with Gasteiger partial charge < -0.3 is 29.2 Å². The van der Waals surface area contributed by atoms with E-state index in [1.807, 2.05) is 26.0 Å². The van der Waals surface area contributed by atoms with E-state index in [-0.39, 0.29) is 69.6 Å². The van der Waals surface area contributed by atoms with Gasteiger partial charge in [-0.25, -0.2) is 9.59 Å². The molecule has 31 heteroatoms. The highest BCUT2D eigenvalue weighted by molar-refractivity contribution is 7.99. The summed E-state index contributed by atoms with van der Waals surface area (Å²) in [4.78, 5) is 111. The highest BCUT2D eigenvalue weighted by Gasteiger charge is 2.53. The van der Waals surface area contributed by atoms with Gasteiger partial charge in [0.15, 0.2) is 0 Å². The second-order valence-electron chi connectivity index (χ2n) is 23.5. The van der Waals surface area contributed by atoms with Crippen LogP contribution in [-0.2, 0) is 34.4 Å². The summed E-state index contributed by atoms with van der Waals surface area (Å²) in [5, 5.41) is 14.5. The molecule has 2 saturated heterocycles. The Morgan fingerprint density at radius 2 is 0.928 bits per heavy atom. The van der Waals surface area contributed by atoms with Gasteiger partial charge in [-0.2, -0.15) is 36.3 Å². The monoisotopic (exact) mass is 1390 g/mol. The Balaban J connectivity index is 0.000000176. The molecule has 6 aromatic carbocycles. The van der Waals surface area contributed by atoms with E-state index in [1.54, 1.807) is 84.6 Å². The highest BCUT2D eigenvalue weighted by Crippen LogP contribution is 2.45. The molecule has 2 atom stereocenters. The van der Waals surface area contributed by atoms with E-state index in [0.717, 1.165) is 43.2 Å². The number of thioether (sulfide) groups is 2. The number of nitrogens with zero attached hydrogens (tertiary/aromatic N) is 7. The predicted molar refractivity (Wildman–Crippen MR) is 339 cm³/mol. The molecule has 0 radical (unpaired) electrons. The first-order valence-electron chi connectivity index (χ1n) is 29.6. The summed E-state index contributed by atoms with van der Waals surface area (Å²) in [5.41, 5.74) is -3.82. The predicted octanol–water partition coefficient (Wildman–Crippen LogP) is 13.3. The average molecular weight is 1400 g/mol. The number of halogens is 7. The number of carbonyl (C=O) groups is 8. The zero-order valence-corrected chi connectivity index (χ0v) is 54.5. The highest BCUT2D eigenvalue weighted by atomic mass is 35.5.